The van der Waals surface area contributed by atoms with Gasteiger partial charge in [0.2, 0.25) is 0 Å². The fraction of sp³-hybridized carbons (Fsp3) is 0.933. The van der Waals surface area contributed by atoms with Crippen LogP contribution in [0.1, 0.15) is 32.6 Å². The molecule has 2 N–H and O–H groups in total. The van der Waals surface area contributed by atoms with E-state index in [0.29, 0.717) is 0 Å². The maximum absolute atomic E-state index is 6.21. The van der Waals surface area contributed by atoms with Gasteiger partial charge in [0.15, 0.2) is 5.96 Å². The van der Waals surface area contributed by atoms with Gasteiger partial charge in [0.1, 0.15) is 0 Å². The lowest BCUT2D eigenvalue weighted by atomic mass is 9.89. The first kappa shape index (κ1) is 19.0. The smallest absolute Gasteiger partial charge is 0.191 e. The van der Waals surface area contributed by atoms with Gasteiger partial charge in [-0.3, -0.25) is 4.99 Å². The van der Waals surface area contributed by atoms with Gasteiger partial charge < -0.3 is 20.3 Å². The Bertz CT molecular complexity index is 343. The lowest BCUT2D eigenvalue weighted by molar-refractivity contribution is -0.00263. The molecule has 0 spiro atoms. The summed E-state index contributed by atoms with van der Waals surface area (Å²) in [5, 5.41) is 0. The number of guanidine groups is 1. The maximum Gasteiger partial charge on any atom is 0.191 e. The highest BCUT2D eigenvalue weighted by Crippen LogP contribution is 2.26. The molecule has 0 aromatic heterocycles. The monoisotopic (exact) mass is 410 g/mol. The predicted octanol–water partition coefficient (Wildman–Crippen LogP) is 1.76. The average Bonchev–Trinajstić information content (AvgIpc) is 2.45. The standard InChI is InChI=1S/C15H30N4O.HI/c1-13-5-4-8-19(11-13)14(16)17-12-15(18(2)3)6-9-20-10-7-15;/h13H,4-12H2,1-3H3,(H2,16,17);1H. The van der Waals surface area contributed by atoms with E-state index in [-0.39, 0.29) is 29.5 Å². The van der Waals surface area contributed by atoms with Crippen LogP contribution in [0.15, 0.2) is 4.99 Å². The third-order valence-electron chi connectivity index (χ3n) is 4.89. The summed E-state index contributed by atoms with van der Waals surface area (Å²) in [5.74, 6) is 1.45. The topological polar surface area (TPSA) is 54.1 Å². The number of ether oxygens (including phenoxy) is 1. The van der Waals surface area contributed by atoms with Gasteiger partial charge in [0, 0.05) is 31.8 Å². The van der Waals surface area contributed by atoms with Crippen molar-refractivity contribution in [1.29, 1.82) is 0 Å². The van der Waals surface area contributed by atoms with E-state index in [1.165, 1.54) is 12.8 Å². The minimum absolute atomic E-state index is 0. The molecular formula is C15H31IN4O. The molecule has 21 heavy (non-hydrogen) atoms. The minimum atomic E-state index is 0. The average molecular weight is 410 g/mol. The number of nitrogens with zero attached hydrogens (tertiary/aromatic N) is 3. The molecule has 0 radical (unpaired) electrons. The fourth-order valence-corrected chi connectivity index (χ4v) is 3.22. The molecule has 1 unspecified atom stereocenters. The second-order valence-corrected chi connectivity index (χ2v) is 6.60. The van der Waals surface area contributed by atoms with Gasteiger partial charge in [-0.05, 0) is 45.7 Å². The van der Waals surface area contributed by atoms with Crippen molar-refractivity contribution in [3.05, 3.63) is 0 Å². The highest BCUT2D eigenvalue weighted by molar-refractivity contribution is 14.0. The van der Waals surface area contributed by atoms with Crippen LogP contribution in [0.25, 0.3) is 0 Å². The predicted molar refractivity (Wildman–Crippen MR) is 98.3 cm³/mol. The fourth-order valence-electron chi connectivity index (χ4n) is 3.22. The summed E-state index contributed by atoms with van der Waals surface area (Å²) in [6.45, 7) is 6.83. The first-order valence-electron chi connectivity index (χ1n) is 7.83. The Balaban J connectivity index is 0.00000220. The van der Waals surface area contributed by atoms with Crippen molar-refractivity contribution in [2.24, 2.45) is 16.6 Å². The van der Waals surface area contributed by atoms with Crippen LogP contribution in [0.2, 0.25) is 0 Å². The van der Waals surface area contributed by atoms with Crippen LogP contribution in [-0.2, 0) is 4.74 Å². The number of rotatable bonds is 3. The van der Waals surface area contributed by atoms with Crippen molar-refractivity contribution in [3.63, 3.8) is 0 Å². The zero-order chi connectivity index (χ0) is 14.6. The maximum atomic E-state index is 6.21. The van der Waals surface area contributed by atoms with Gasteiger partial charge in [-0.15, -0.1) is 24.0 Å². The van der Waals surface area contributed by atoms with Crippen molar-refractivity contribution in [3.8, 4) is 0 Å². The van der Waals surface area contributed by atoms with E-state index in [1.807, 2.05) is 0 Å². The van der Waals surface area contributed by atoms with Crippen LogP contribution in [0.3, 0.4) is 0 Å². The largest absolute Gasteiger partial charge is 0.381 e. The van der Waals surface area contributed by atoms with Gasteiger partial charge in [-0.2, -0.15) is 0 Å². The molecule has 6 heteroatoms. The van der Waals surface area contributed by atoms with Gasteiger partial charge >= 0.3 is 0 Å². The lowest BCUT2D eigenvalue weighted by Gasteiger charge is -2.42. The quantitative estimate of drug-likeness (QED) is 0.438. The SMILES string of the molecule is CC1CCCN(C(N)=NCC2(N(C)C)CCOCC2)C1.I. The van der Waals surface area contributed by atoms with E-state index in [9.17, 15) is 0 Å². The Morgan fingerprint density at radius 2 is 2.05 bits per heavy atom. The van der Waals surface area contributed by atoms with E-state index in [0.717, 1.165) is 57.6 Å². The van der Waals surface area contributed by atoms with Crippen LogP contribution < -0.4 is 5.73 Å². The number of nitrogens with two attached hydrogens (primary N) is 1. The summed E-state index contributed by atoms with van der Waals surface area (Å²) in [6.07, 6.45) is 4.60. The second kappa shape index (κ2) is 8.53. The first-order valence-corrected chi connectivity index (χ1v) is 7.83. The molecule has 5 nitrogen and oxygen atoms in total. The number of hydrogen-bond acceptors (Lipinski definition) is 3. The van der Waals surface area contributed by atoms with E-state index in [2.05, 4.69) is 30.8 Å². The van der Waals surface area contributed by atoms with E-state index in [4.69, 9.17) is 15.5 Å². The van der Waals surface area contributed by atoms with E-state index >= 15 is 0 Å². The summed E-state index contributed by atoms with van der Waals surface area (Å²) < 4.78 is 5.50. The summed E-state index contributed by atoms with van der Waals surface area (Å²) in [6, 6.07) is 0. The minimum Gasteiger partial charge on any atom is -0.381 e. The molecular weight excluding hydrogens is 379 g/mol. The number of halogens is 1. The normalized spacial score (nSPS) is 26.6. The summed E-state index contributed by atoms with van der Waals surface area (Å²) in [7, 11) is 4.28. The Morgan fingerprint density at radius 3 is 2.62 bits per heavy atom. The zero-order valence-electron chi connectivity index (χ0n) is 13.7. The molecule has 124 valence electrons. The molecule has 1 atom stereocenters. The van der Waals surface area contributed by atoms with Crippen molar-refractivity contribution < 1.29 is 4.74 Å². The molecule has 0 saturated carbocycles. The molecule has 0 bridgehead atoms. The zero-order valence-corrected chi connectivity index (χ0v) is 16.0. The molecule has 2 saturated heterocycles. The molecule has 0 aliphatic carbocycles. The molecule has 2 heterocycles. The van der Waals surface area contributed by atoms with E-state index < -0.39 is 0 Å². The Morgan fingerprint density at radius 1 is 1.38 bits per heavy atom. The van der Waals surface area contributed by atoms with Crippen LogP contribution in [0.4, 0.5) is 0 Å². The van der Waals surface area contributed by atoms with Gasteiger partial charge in [0.25, 0.3) is 0 Å². The van der Waals surface area contributed by atoms with Crippen LogP contribution in [-0.4, -0.2) is 68.2 Å². The number of aliphatic imine (C=N–C) groups is 1. The summed E-state index contributed by atoms with van der Waals surface area (Å²) in [5.41, 5.74) is 6.33. The highest BCUT2D eigenvalue weighted by Gasteiger charge is 2.34. The summed E-state index contributed by atoms with van der Waals surface area (Å²) >= 11 is 0. The van der Waals surface area contributed by atoms with Gasteiger partial charge in [0.05, 0.1) is 6.54 Å². The van der Waals surface area contributed by atoms with Crippen molar-refractivity contribution >= 4 is 29.9 Å². The number of likely N-dealkylation sites (tertiary alicyclic amines) is 1. The molecule has 0 amide bonds. The van der Waals surface area contributed by atoms with E-state index in [1.54, 1.807) is 0 Å². The van der Waals surface area contributed by atoms with Crippen LogP contribution >= 0.6 is 24.0 Å². The molecule has 2 aliphatic heterocycles. The van der Waals surface area contributed by atoms with Gasteiger partial charge in [-0.1, -0.05) is 6.92 Å². The first-order chi connectivity index (χ1) is 9.53. The lowest BCUT2D eigenvalue weighted by Crippen LogP contribution is -2.52. The molecule has 2 aliphatic rings. The van der Waals surface area contributed by atoms with Crippen molar-refractivity contribution in [1.82, 2.24) is 9.80 Å². The third kappa shape index (κ3) is 4.96. The summed E-state index contributed by atoms with van der Waals surface area (Å²) in [4.78, 5) is 9.27. The van der Waals surface area contributed by atoms with Crippen LogP contribution in [0, 0.1) is 5.92 Å². The number of likely N-dealkylation sites (N-methyl/N-ethyl adjacent to an activating group) is 1. The van der Waals surface area contributed by atoms with Crippen molar-refractivity contribution in [2.45, 2.75) is 38.1 Å². The van der Waals surface area contributed by atoms with Gasteiger partial charge in [-0.25, -0.2) is 0 Å². The second-order valence-electron chi connectivity index (χ2n) is 6.60. The van der Waals surface area contributed by atoms with Crippen molar-refractivity contribution in [2.75, 3.05) is 46.9 Å². The third-order valence-corrected chi connectivity index (χ3v) is 4.89. The number of piperidine rings is 1. The molecule has 0 aromatic carbocycles. The molecule has 0 aromatic rings. The molecule has 2 fully saturated rings. The number of hydrogen-bond donors (Lipinski definition) is 1. The Hall–Kier alpha value is -0.0800. The Labute approximate surface area is 146 Å². The molecule has 2 rings (SSSR count). The Kier molecular flexibility index (Phi) is 7.70. The van der Waals surface area contributed by atoms with Crippen LogP contribution in [0.5, 0.6) is 0 Å². The highest BCUT2D eigenvalue weighted by atomic mass is 127.